The second-order valence-electron chi connectivity index (χ2n) is 3.46. The van der Waals surface area contributed by atoms with Gasteiger partial charge in [0.15, 0.2) is 5.82 Å². The lowest BCUT2D eigenvalue weighted by Gasteiger charge is -2.04. The highest BCUT2D eigenvalue weighted by atomic mass is 16.5. The van der Waals surface area contributed by atoms with Crippen LogP contribution >= 0.6 is 0 Å². The largest absolute Gasteiger partial charge is 0.494 e. The van der Waals surface area contributed by atoms with Crippen LogP contribution in [0.1, 0.15) is 12.7 Å². The van der Waals surface area contributed by atoms with Crippen molar-refractivity contribution in [1.82, 2.24) is 20.2 Å². The van der Waals surface area contributed by atoms with Crippen molar-refractivity contribution in [2.75, 3.05) is 13.2 Å². The van der Waals surface area contributed by atoms with Gasteiger partial charge in [-0.25, -0.2) is 0 Å². The first-order valence-corrected chi connectivity index (χ1v) is 5.55. The average molecular weight is 233 g/mol. The molecule has 1 aromatic carbocycles. The third-order valence-electron chi connectivity index (χ3n) is 2.18. The molecule has 0 spiro atoms. The van der Waals surface area contributed by atoms with Crippen LogP contribution in [0.5, 0.6) is 5.75 Å². The van der Waals surface area contributed by atoms with Gasteiger partial charge in [0, 0.05) is 12.5 Å². The van der Waals surface area contributed by atoms with Gasteiger partial charge in [0.05, 0.1) is 12.3 Å². The molecule has 1 aromatic heterocycles. The minimum atomic E-state index is 0.519. The zero-order chi connectivity index (χ0) is 12.1. The van der Waals surface area contributed by atoms with Crippen LogP contribution in [0.15, 0.2) is 24.3 Å². The van der Waals surface area contributed by atoms with Crippen molar-refractivity contribution in [3.8, 4) is 11.4 Å². The highest BCUT2D eigenvalue weighted by molar-refractivity contribution is 5.37. The molecule has 0 radical (unpaired) electrons. The fraction of sp³-hybridized carbons (Fsp3) is 0.364. The summed E-state index contributed by atoms with van der Waals surface area (Å²) in [7, 11) is 0. The number of nitrogens with two attached hydrogens (primary N) is 1. The molecule has 6 heteroatoms. The molecule has 0 saturated carbocycles. The molecule has 0 fully saturated rings. The standard InChI is InChI=1S/C11H15N5O/c1-2-17-10-5-3-4-9(8-10)16-14-11(6-7-12)13-15-16/h3-5,8H,2,6-7,12H2,1H3. The lowest BCUT2D eigenvalue weighted by Crippen LogP contribution is -2.05. The highest BCUT2D eigenvalue weighted by Crippen LogP contribution is 2.15. The van der Waals surface area contributed by atoms with Crippen LogP contribution in [0.3, 0.4) is 0 Å². The minimum Gasteiger partial charge on any atom is -0.494 e. The number of hydrogen-bond acceptors (Lipinski definition) is 5. The smallest absolute Gasteiger partial charge is 0.176 e. The summed E-state index contributed by atoms with van der Waals surface area (Å²) in [6.07, 6.45) is 0.630. The Morgan fingerprint density at radius 1 is 1.41 bits per heavy atom. The highest BCUT2D eigenvalue weighted by Gasteiger charge is 2.04. The number of hydrogen-bond donors (Lipinski definition) is 1. The van der Waals surface area contributed by atoms with Crippen molar-refractivity contribution in [2.45, 2.75) is 13.3 Å². The summed E-state index contributed by atoms with van der Waals surface area (Å²) >= 11 is 0. The molecule has 1 heterocycles. The molecule has 6 nitrogen and oxygen atoms in total. The molecule has 90 valence electrons. The van der Waals surface area contributed by atoms with Gasteiger partial charge in [-0.3, -0.25) is 0 Å². The maximum atomic E-state index is 5.44. The second kappa shape index (κ2) is 5.40. The van der Waals surface area contributed by atoms with Gasteiger partial charge in [-0.15, -0.1) is 15.0 Å². The quantitative estimate of drug-likeness (QED) is 0.816. The fourth-order valence-electron chi connectivity index (χ4n) is 1.45. The molecule has 2 aromatic rings. The number of nitrogens with zero attached hydrogens (tertiary/aromatic N) is 4. The van der Waals surface area contributed by atoms with E-state index in [1.165, 1.54) is 4.80 Å². The van der Waals surface area contributed by atoms with E-state index in [0.29, 0.717) is 25.4 Å². The summed E-state index contributed by atoms with van der Waals surface area (Å²) in [6, 6.07) is 7.56. The molecule has 0 atom stereocenters. The number of tetrazole rings is 1. The summed E-state index contributed by atoms with van der Waals surface area (Å²) in [5.41, 5.74) is 6.26. The van der Waals surface area contributed by atoms with Gasteiger partial charge in [0.1, 0.15) is 5.75 Å². The lowest BCUT2D eigenvalue weighted by molar-refractivity contribution is 0.340. The number of rotatable bonds is 5. The zero-order valence-corrected chi connectivity index (χ0v) is 9.71. The molecule has 0 aliphatic carbocycles. The fourth-order valence-corrected chi connectivity index (χ4v) is 1.45. The maximum Gasteiger partial charge on any atom is 0.176 e. The van der Waals surface area contributed by atoms with Crippen molar-refractivity contribution >= 4 is 0 Å². The minimum absolute atomic E-state index is 0.519. The first-order chi connectivity index (χ1) is 8.33. The molecular weight excluding hydrogens is 218 g/mol. The molecule has 0 amide bonds. The molecule has 0 aliphatic rings. The summed E-state index contributed by atoms with van der Waals surface area (Å²) < 4.78 is 5.41. The molecule has 0 aliphatic heterocycles. The van der Waals surface area contributed by atoms with Crippen molar-refractivity contribution < 1.29 is 4.74 Å². The third-order valence-corrected chi connectivity index (χ3v) is 2.18. The summed E-state index contributed by atoms with van der Waals surface area (Å²) in [5, 5.41) is 12.1. The number of aromatic nitrogens is 4. The molecule has 0 saturated heterocycles. The van der Waals surface area contributed by atoms with Gasteiger partial charge in [0.2, 0.25) is 0 Å². The van der Waals surface area contributed by atoms with Crippen LogP contribution in [0.4, 0.5) is 0 Å². The van der Waals surface area contributed by atoms with E-state index in [9.17, 15) is 0 Å². The van der Waals surface area contributed by atoms with Gasteiger partial charge in [-0.1, -0.05) is 6.07 Å². The van der Waals surface area contributed by atoms with Gasteiger partial charge in [-0.05, 0) is 30.8 Å². The van der Waals surface area contributed by atoms with E-state index < -0.39 is 0 Å². The Balaban J connectivity index is 2.22. The predicted octanol–water partition coefficient (Wildman–Crippen LogP) is 0.562. The Labute approximate surface area is 99.4 Å². The van der Waals surface area contributed by atoms with Crippen LogP contribution in [-0.2, 0) is 6.42 Å². The Bertz CT molecular complexity index is 482. The van der Waals surface area contributed by atoms with Crippen molar-refractivity contribution in [3.63, 3.8) is 0 Å². The van der Waals surface area contributed by atoms with E-state index in [-0.39, 0.29) is 0 Å². The third kappa shape index (κ3) is 2.79. The van der Waals surface area contributed by atoms with Gasteiger partial charge in [-0.2, -0.15) is 0 Å². The monoisotopic (exact) mass is 233 g/mol. The average Bonchev–Trinajstić information content (AvgIpc) is 2.79. The molecular formula is C11H15N5O. The predicted molar refractivity (Wildman–Crippen MR) is 63.1 cm³/mol. The van der Waals surface area contributed by atoms with E-state index >= 15 is 0 Å². The van der Waals surface area contributed by atoms with Crippen LogP contribution in [0.25, 0.3) is 5.69 Å². The molecule has 2 N–H and O–H groups in total. The van der Waals surface area contributed by atoms with Crippen LogP contribution in [0, 0.1) is 0 Å². The topological polar surface area (TPSA) is 78.8 Å². The van der Waals surface area contributed by atoms with Crippen molar-refractivity contribution in [2.24, 2.45) is 5.73 Å². The summed E-state index contributed by atoms with van der Waals surface area (Å²) in [5.74, 6) is 1.44. The number of ether oxygens (including phenoxy) is 1. The van der Waals surface area contributed by atoms with E-state index in [4.69, 9.17) is 10.5 Å². The molecule has 0 bridgehead atoms. The lowest BCUT2D eigenvalue weighted by atomic mass is 10.3. The molecule has 2 rings (SSSR count). The Kier molecular flexibility index (Phi) is 3.66. The van der Waals surface area contributed by atoms with Crippen LogP contribution in [-0.4, -0.2) is 33.4 Å². The van der Waals surface area contributed by atoms with Crippen LogP contribution < -0.4 is 10.5 Å². The maximum absolute atomic E-state index is 5.44. The normalized spacial score (nSPS) is 10.5. The Morgan fingerprint density at radius 3 is 3.06 bits per heavy atom. The van der Waals surface area contributed by atoms with Gasteiger partial charge in [0.25, 0.3) is 0 Å². The van der Waals surface area contributed by atoms with E-state index in [1.54, 1.807) is 0 Å². The molecule has 17 heavy (non-hydrogen) atoms. The Hall–Kier alpha value is -1.95. The number of benzene rings is 1. The summed E-state index contributed by atoms with van der Waals surface area (Å²) in [6.45, 7) is 3.09. The van der Waals surface area contributed by atoms with Gasteiger partial charge >= 0.3 is 0 Å². The van der Waals surface area contributed by atoms with Crippen LogP contribution in [0.2, 0.25) is 0 Å². The van der Waals surface area contributed by atoms with Gasteiger partial charge < -0.3 is 10.5 Å². The van der Waals surface area contributed by atoms with Crippen molar-refractivity contribution in [3.05, 3.63) is 30.1 Å². The SMILES string of the molecule is CCOc1cccc(-n2nnc(CCN)n2)c1. The first kappa shape index (κ1) is 11.5. The first-order valence-electron chi connectivity index (χ1n) is 5.55. The Morgan fingerprint density at radius 2 is 2.29 bits per heavy atom. The zero-order valence-electron chi connectivity index (χ0n) is 9.71. The summed E-state index contributed by atoms with van der Waals surface area (Å²) in [4.78, 5) is 1.48. The van der Waals surface area contributed by atoms with E-state index in [2.05, 4.69) is 15.4 Å². The molecule has 0 unspecified atom stereocenters. The van der Waals surface area contributed by atoms with E-state index in [0.717, 1.165) is 11.4 Å². The van der Waals surface area contributed by atoms with Crippen molar-refractivity contribution in [1.29, 1.82) is 0 Å². The second-order valence-corrected chi connectivity index (χ2v) is 3.46. The van der Waals surface area contributed by atoms with E-state index in [1.807, 2.05) is 31.2 Å².